The van der Waals surface area contributed by atoms with Gasteiger partial charge < -0.3 is 9.84 Å². The van der Waals surface area contributed by atoms with Crippen LogP contribution < -0.4 is 4.74 Å². The van der Waals surface area contributed by atoms with Crippen molar-refractivity contribution in [1.82, 2.24) is 4.98 Å². The average molecular weight is 261 g/mol. The molecule has 0 saturated heterocycles. The summed E-state index contributed by atoms with van der Waals surface area (Å²) < 4.78 is 18.9. The number of ether oxygens (including phenoxy) is 1. The summed E-state index contributed by atoms with van der Waals surface area (Å²) in [6.45, 7) is 1.91. The number of hydrogen-bond acceptors (Lipinski definition) is 3. The summed E-state index contributed by atoms with van der Waals surface area (Å²) in [5, 5.41) is 10.2. The van der Waals surface area contributed by atoms with Crippen LogP contribution in [0.2, 0.25) is 0 Å². The van der Waals surface area contributed by atoms with E-state index in [2.05, 4.69) is 4.98 Å². The molecule has 1 aromatic carbocycles. The molecule has 0 aliphatic heterocycles. The molecule has 100 valence electrons. The maximum atomic E-state index is 13.8. The number of aliphatic hydroxyl groups is 1. The fourth-order valence-electron chi connectivity index (χ4n) is 2.04. The minimum Gasteiger partial charge on any atom is -0.496 e. The number of aryl methyl sites for hydroxylation is 1. The van der Waals surface area contributed by atoms with Crippen molar-refractivity contribution in [1.29, 1.82) is 0 Å². The molecule has 1 N–H and O–H groups in total. The van der Waals surface area contributed by atoms with Crippen molar-refractivity contribution in [2.45, 2.75) is 19.4 Å². The Hall–Kier alpha value is -1.94. The van der Waals surface area contributed by atoms with Crippen molar-refractivity contribution in [2.24, 2.45) is 0 Å². The van der Waals surface area contributed by atoms with Gasteiger partial charge in [-0.1, -0.05) is 12.1 Å². The number of aromatic nitrogens is 1. The maximum Gasteiger partial charge on any atom is 0.132 e. The lowest BCUT2D eigenvalue weighted by Gasteiger charge is -2.16. The Balaban J connectivity index is 2.30. The first-order valence-corrected chi connectivity index (χ1v) is 6.04. The molecule has 0 radical (unpaired) electrons. The molecular formula is C15H16FNO2. The molecule has 0 spiro atoms. The molecule has 1 heterocycles. The highest BCUT2D eigenvalue weighted by atomic mass is 19.1. The van der Waals surface area contributed by atoms with Gasteiger partial charge in [-0.3, -0.25) is 4.98 Å². The zero-order valence-corrected chi connectivity index (χ0v) is 10.9. The number of hydrogen-bond donors (Lipinski definition) is 1. The fourth-order valence-corrected chi connectivity index (χ4v) is 2.04. The van der Waals surface area contributed by atoms with Crippen LogP contribution in [0.15, 0.2) is 36.5 Å². The van der Waals surface area contributed by atoms with E-state index in [0.29, 0.717) is 5.75 Å². The van der Waals surface area contributed by atoms with E-state index in [4.69, 9.17) is 4.74 Å². The van der Waals surface area contributed by atoms with Gasteiger partial charge in [0, 0.05) is 18.3 Å². The molecule has 19 heavy (non-hydrogen) atoms. The molecule has 2 aromatic rings. The fraction of sp³-hybridized carbons (Fsp3) is 0.267. The lowest BCUT2D eigenvalue weighted by molar-refractivity contribution is 0.167. The number of rotatable bonds is 4. The Morgan fingerprint density at radius 3 is 2.79 bits per heavy atom. The zero-order chi connectivity index (χ0) is 13.8. The predicted octanol–water partition coefficient (Wildman–Crippen LogP) is 2.81. The van der Waals surface area contributed by atoms with E-state index < -0.39 is 11.9 Å². The Bertz CT molecular complexity index is 572. The van der Waals surface area contributed by atoms with E-state index in [0.717, 1.165) is 11.3 Å². The quantitative estimate of drug-likeness (QED) is 0.920. The van der Waals surface area contributed by atoms with Gasteiger partial charge in [-0.2, -0.15) is 0 Å². The van der Waals surface area contributed by atoms with E-state index in [9.17, 15) is 9.50 Å². The standard InChI is InChI=1S/C15H16FNO2/c1-10-5-4-8-17-12(10)9-13(18)15-11(16)6-3-7-14(15)19-2/h3-8,13,18H,9H2,1-2H3. The number of pyridine rings is 1. The van der Waals surface area contributed by atoms with Gasteiger partial charge in [0.1, 0.15) is 11.6 Å². The summed E-state index contributed by atoms with van der Waals surface area (Å²) >= 11 is 0. The van der Waals surface area contributed by atoms with E-state index in [1.807, 2.05) is 19.1 Å². The summed E-state index contributed by atoms with van der Waals surface area (Å²) in [6, 6.07) is 8.23. The predicted molar refractivity (Wildman–Crippen MR) is 70.6 cm³/mol. The van der Waals surface area contributed by atoms with Gasteiger partial charge in [-0.05, 0) is 30.7 Å². The van der Waals surface area contributed by atoms with Gasteiger partial charge in [-0.25, -0.2) is 4.39 Å². The second kappa shape index (κ2) is 5.80. The highest BCUT2D eigenvalue weighted by Crippen LogP contribution is 2.30. The first-order valence-electron chi connectivity index (χ1n) is 6.04. The van der Waals surface area contributed by atoms with Crippen LogP contribution in [-0.2, 0) is 6.42 Å². The first kappa shape index (κ1) is 13.5. The van der Waals surface area contributed by atoms with Crippen molar-refractivity contribution in [3.05, 3.63) is 59.2 Å². The second-order valence-corrected chi connectivity index (χ2v) is 4.34. The second-order valence-electron chi connectivity index (χ2n) is 4.34. The van der Waals surface area contributed by atoms with Crippen molar-refractivity contribution < 1.29 is 14.2 Å². The highest BCUT2D eigenvalue weighted by molar-refractivity contribution is 5.37. The van der Waals surface area contributed by atoms with Gasteiger partial charge >= 0.3 is 0 Å². The van der Waals surface area contributed by atoms with Gasteiger partial charge in [0.25, 0.3) is 0 Å². The number of aliphatic hydroxyl groups excluding tert-OH is 1. The van der Waals surface area contributed by atoms with Crippen LogP contribution in [0.3, 0.4) is 0 Å². The molecule has 0 aliphatic carbocycles. The topological polar surface area (TPSA) is 42.4 Å². The van der Waals surface area contributed by atoms with Crippen LogP contribution in [-0.4, -0.2) is 17.2 Å². The van der Waals surface area contributed by atoms with Crippen molar-refractivity contribution in [2.75, 3.05) is 7.11 Å². The molecule has 0 aliphatic rings. The molecule has 1 unspecified atom stereocenters. The Morgan fingerprint density at radius 2 is 2.11 bits per heavy atom. The van der Waals surface area contributed by atoms with Crippen LogP contribution in [0.25, 0.3) is 0 Å². The van der Waals surface area contributed by atoms with E-state index in [1.165, 1.54) is 13.2 Å². The maximum absolute atomic E-state index is 13.8. The molecule has 0 amide bonds. The summed E-state index contributed by atoms with van der Waals surface area (Å²) in [6.07, 6.45) is 0.933. The molecule has 1 atom stereocenters. The minimum absolute atomic E-state index is 0.176. The molecule has 0 bridgehead atoms. The monoisotopic (exact) mass is 261 g/mol. The molecule has 0 fully saturated rings. The molecule has 4 heteroatoms. The summed E-state index contributed by atoms with van der Waals surface area (Å²) in [5.74, 6) is -0.124. The van der Waals surface area contributed by atoms with Crippen LogP contribution in [0, 0.1) is 12.7 Å². The largest absolute Gasteiger partial charge is 0.496 e. The van der Waals surface area contributed by atoms with Crippen molar-refractivity contribution in [3.8, 4) is 5.75 Å². The number of nitrogens with zero attached hydrogens (tertiary/aromatic N) is 1. The van der Waals surface area contributed by atoms with Crippen molar-refractivity contribution >= 4 is 0 Å². The number of methoxy groups -OCH3 is 1. The number of benzene rings is 1. The van der Waals surface area contributed by atoms with Crippen LogP contribution in [0.1, 0.15) is 22.9 Å². The molecule has 1 aromatic heterocycles. The van der Waals surface area contributed by atoms with E-state index in [-0.39, 0.29) is 12.0 Å². The zero-order valence-electron chi connectivity index (χ0n) is 10.9. The molecule has 2 rings (SSSR count). The van der Waals surface area contributed by atoms with E-state index >= 15 is 0 Å². The molecule has 3 nitrogen and oxygen atoms in total. The molecular weight excluding hydrogens is 245 g/mol. The summed E-state index contributed by atoms with van der Waals surface area (Å²) in [5.41, 5.74) is 1.90. The van der Waals surface area contributed by atoms with Gasteiger partial charge in [0.05, 0.1) is 18.8 Å². The highest BCUT2D eigenvalue weighted by Gasteiger charge is 2.19. The van der Waals surface area contributed by atoms with Crippen LogP contribution >= 0.6 is 0 Å². The Labute approximate surface area is 111 Å². The normalized spacial score (nSPS) is 12.2. The average Bonchev–Trinajstić information content (AvgIpc) is 2.40. The third-order valence-electron chi connectivity index (χ3n) is 3.07. The SMILES string of the molecule is COc1cccc(F)c1C(O)Cc1ncccc1C. The smallest absolute Gasteiger partial charge is 0.132 e. The molecule has 0 saturated carbocycles. The summed E-state index contributed by atoms with van der Waals surface area (Å²) in [4.78, 5) is 4.21. The lowest BCUT2D eigenvalue weighted by atomic mass is 10.0. The van der Waals surface area contributed by atoms with Crippen molar-refractivity contribution in [3.63, 3.8) is 0 Å². The Kier molecular flexibility index (Phi) is 4.12. The third-order valence-corrected chi connectivity index (χ3v) is 3.07. The van der Waals surface area contributed by atoms with Crippen LogP contribution in [0.4, 0.5) is 4.39 Å². The van der Waals surface area contributed by atoms with Crippen LogP contribution in [0.5, 0.6) is 5.75 Å². The third kappa shape index (κ3) is 2.90. The Morgan fingerprint density at radius 1 is 1.32 bits per heavy atom. The van der Waals surface area contributed by atoms with Gasteiger partial charge in [0.2, 0.25) is 0 Å². The van der Waals surface area contributed by atoms with E-state index in [1.54, 1.807) is 18.3 Å². The minimum atomic E-state index is -0.982. The first-order chi connectivity index (χ1) is 9.13. The lowest BCUT2D eigenvalue weighted by Crippen LogP contribution is -2.08. The summed E-state index contributed by atoms with van der Waals surface area (Å²) in [7, 11) is 1.46. The van der Waals surface area contributed by atoms with Gasteiger partial charge in [-0.15, -0.1) is 0 Å². The van der Waals surface area contributed by atoms with Gasteiger partial charge in [0.15, 0.2) is 0 Å². The number of halogens is 1.